The third-order valence-corrected chi connectivity index (χ3v) is 5.72. The first kappa shape index (κ1) is 23.9. The fourth-order valence-corrected chi connectivity index (χ4v) is 3.77. The van der Waals surface area contributed by atoms with Crippen molar-refractivity contribution in [1.29, 1.82) is 0 Å². The summed E-state index contributed by atoms with van der Waals surface area (Å²) in [7, 11) is 0. The predicted molar refractivity (Wildman–Crippen MR) is 124 cm³/mol. The molecule has 164 valence electrons. The molecule has 1 atom stereocenters. The predicted octanol–water partition coefficient (Wildman–Crippen LogP) is 6.37. The Kier molecular flexibility index (Phi) is 8.05. The van der Waals surface area contributed by atoms with Crippen LogP contribution in [0, 0.1) is 11.3 Å². The lowest BCUT2D eigenvalue weighted by Gasteiger charge is -2.33. The Morgan fingerprint density at radius 2 is 1.73 bits per heavy atom. The molecule has 1 aromatic carbocycles. The first-order valence-corrected chi connectivity index (χ1v) is 11.2. The Hall–Kier alpha value is -2.36. The molecule has 4 heteroatoms. The molecule has 1 fully saturated rings. The molecule has 1 aliphatic rings. The molecule has 30 heavy (non-hydrogen) atoms. The Balaban J connectivity index is 0.00000155. The number of carbonyl (C=O) groups is 1. The van der Waals surface area contributed by atoms with Crippen molar-refractivity contribution in [2.75, 3.05) is 0 Å². The number of aromatic nitrogens is 1. The molecule has 1 amide bonds. The summed E-state index contributed by atoms with van der Waals surface area (Å²) in [5.74, 6) is 1.36. The highest BCUT2D eigenvalue weighted by molar-refractivity contribution is 5.95. The van der Waals surface area contributed by atoms with Crippen molar-refractivity contribution in [2.45, 2.75) is 79.4 Å². The van der Waals surface area contributed by atoms with Crippen LogP contribution in [-0.2, 0) is 5.54 Å². The van der Waals surface area contributed by atoms with Gasteiger partial charge in [0.2, 0.25) is 0 Å². The molecule has 0 saturated heterocycles. The van der Waals surface area contributed by atoms with E-state index < -0.39 is 0 Å². The summed E-state index contributed by atoms with van der Waals surface area (Å²) in [5, 5.41) is 3.16. The molecule has 1 heterocycles. The van der Waals surface area contributed by atoms with Gasteiger partial charge in [-0.15, -0.1) is 0 Å². The fraction of sp³-hybridized carbons (Fsp3) is 0.538. The second-order valence-electron chi connectivity index (χ2n) is 9.12. The van der Waals surface area contributed by atoms with Gasteiger partial charge in [0.1, 0.15) is 11.9 Å². The number of ether oxygens (including phenoxy) is 1. The number of hydrogen-bond donors (Lipinski definition) is 1. The van der Waals surface area contributed by atoms with Crippen molar-refractivity contribution in [1.82, 2.24) is 10.3 Å². The highest BCUT2D eigenvalue weighted by Gasteiger charge is 2.47. The number of nitrogens with one attached hydrogen (secondary N) is 1. The smallest absolute Gasteiger partial charge is 0.252 e. The molecule has 1 N–H and O–H groups in total. The van der Waals surface area contributed by atoms with E-state index in [1.807, 2.05) is 56.3 Å². The van der Waals surface area contributed by atoms with Crippen molar-refractivity contribution in [2.24, 2.45) is 11.3 Å². The fourth-order valence-electron chi connectivity index (χ4n) is 3.77. The second kappa shape index (κ2) is 10.1. The monoisotopic (exact) mass is 410 g/mol. The summed E-state index contributed by atoms with van der Waals surface area (Å²) in [4.78, 5) is 17.1. The average Bonchev–Trinajstić information content (AvgIpc) is 3.50. The molecule has 0 spiro atoms. The van der Waals surface area contributed by atoms with E-state index in [1.54, 1.807) is 6.20 Å². The maximum atomic E-state index is 12.7. The Morgan fingerprint density at radius 3 is 2.23 bits per heavy atom. The summed E-state index contributed by atoms with van der Waals surface area (Å²) >= 11 is 0. The van der Waals surface area contributed by atoms with Crippen LogP contribution in [-0.4, -0.2) is 17.0 Å². The summed E-state index contributed by atoms with van der Waals surface area (Å²) in [6, 6.07) is 13.3. The molecule has 1 saturated carbocycles. The minimum atomic E-state index is -0.303. The highest BCUT2D eigenvalue weighted by Crippen LogP contribution is 2.44. The van der Waals surface area contributed by atoms with Crippen LogP contribution in [0.1, 0.15) is 83.8 Å². The molecule has 1 aromatic heterocycles. The maximum Gasteiger partial charge on any atom is 0.252 e. The minimum Gasteiger partial charge on any atom is -0.490 e. The van der Waals surface area contributed by atoms with E-state index in [-0.39, 0.29) is 23.0 Å². The van der Waals surface area contributed by atoms with Crippen LogP contribution >= 0.6 is 0 Å². The Bertz CT molecular complexity index is 794. The number of pyridine rings is 1. The van der Waals surface area contributed by atoms with Gasteiger partial charge in [0.15, 0.2) is 0 Å². The van der Waals surface area contributed by atoms with Crippen LogP contribution in [0.4, 0.5) is 0 Å². The number of nitrogens with zero attached hydrogens (tertiary/aromatic N) is 1. The topological polar surface area (TPSA) is 51.2 Å². The van der Waals surface area contributed by atoms with Crippen LogP contribution in [0.3, 0.4) is 0 Å². The van der Waals surface area contributed by atoms with E-state index in [0.29, 0.717) is 11.5 Å². The lowest BCUT2D eigenvalue weighted by atomic mass is 9.79. The summed E-state index contributed by atoms with van der Waals surface area (Å²) in [6.07, 6.45) is 4.83. The summed E-state index contributed by atoms with van der Waals surface area (Å²) in [5.41, 5.74) is 1.36. The molecule has 4 nitrogen and oxygen atoms in total. The summed E-state index contributed by atoms with van der Waals surface area (Å²) < 4.78 is 6.16. The zero-order valence-corrected chi connectivity index (χ0v) is 19.7. The quantitative estimate of drug-likeness (QED) is 0.550. The molecule has 3 rings (SSSR count). The van der Waals surface area contributed by atoms with Crippen molar-refractivity contribution < 1.29 is 9.53 Å². The number of hydrogen-bond acceptors (Lipinski definition) is 3. The van der Waals surface area contributed by atoms with Crippen LogP contribution in [0.2, 0.25) is 0 Å². The third kappa shape index (κ3) is 6.07. The highest BCUT2D eigenvalue weighted by atomic mass is 16.5. The van der Waals surface area contributed by atoms with E-state index in [1.165, 1.54) is 0 Å². The first-order valence-electron chi connectivity index (χ1n) is 11.2. The van der Waals surface area contributed by atoms with Gasteiger partial charge in [-0.2, -0.15) is 0 Å². The molecule has 0 aliphatic heterocycles. The van der Waals surface area contributed by atoms with Gasteiger partial charge in [-0.1, -0.05) is 47.6 Å². The number of rotatable bonds is 8. The van der Waals surface area contributed by atoms with Gasteiger partial charge < -0.3 is 10.1 Å². The number of carbonyl (C=O) groups excluding carboxylic acids is 1. The van der Waals surface area contributed by atoms with Crippen LogP contribution in [0.25, 0.3) is 0 Å². The number of amides is 1. The molecule has 2 aromatic rings. The van der Waals surface area contributed by atoms with Crippen LogP contribution < -0.4 is 10.1 Å². The minimum absolute atomic E-state index is 0.0668. The van der Waals surface area contributed by atoms with E-state index >= 15 is 0 Å². The molecular formula is C26H38N2O2. The van der Waals surface area contributed by atoms with Crippen molar-refractivity contribution in [3.05, 3.63) is 59.9 Å². The molecule has 1 unspecified atom stereocenters. The van der Waals surface area contributed by atoms with Gasteiger partial charge in [-0.05, 0) is 68.5 Å². The lowest BCUT2D eigenvalue weighted by Crippen LogP contribution is -2.35. The van der Waals surface area contributed by atoms with E-state index in [0.717, 1.165) is 30.7 Å². The first-order chi connectivity index (χ1) is 14.2. The van der Waals surface area contributed by atoms with Gasteiger partial charge in [0.05, 0.1) is 11.2 Å². The average molecular weight is 411 g/mol. The van der Waals surface area contributed by atoms with Crippen LogP contribution in [0.5, 0.6) is 5.75 Å². The van der Waals surface area contributed by atoms with E-state index in [2.05, 4.69) is 44.9 Å². The largest absolute Gasteiger partial charge is 0.490 e. The van der Waals surface area contributed by atoms with Gasteiger partial charge in [-0.25, -0.2) is 0 Å². The van der Waals surface area contributed by atoms with E-state index in [4.69, 9.17) is 4.74 Å². The van der Waals surface area contributed by atoms with E-state index in [9.17, 15) is 4.79 Å². The standard InChI is InChI=1S/C24H32N2O2.C2H6/c1-17(2)16-23(4,5)18(3)28-20-11-9-19(10-12-20)22(27)26-24(13-14-24)21-8-6-7-15-25-21;1-2/h6-12,15,17-18H,13-14,16H2,1-5H3,(H,26,27);1-2H3. The van der Waals surface area contributed by atoms with Gasteiger partial charge in [0, 0.05) is 17.2 Å². The normalized spacial score (nSPS) is 15.6. The van der Waals surface area contributed by atoms with Crippen molar-refractivity contribution >= 4 is 5.91 Å². The van der Waals surface area contributed by atoms with Crippen LogP contribution in [0.15, 0.2) is 48.7 Å². The molecule has 0 radical (unpaired) electrons. The molecular weight excluding hydrogens is 372 g/mol. The molecule has 0 bridgehead atoms. The second-order valence-corrected chi connectivity index (χ2v) is 9.12. The lowest BCUT2D eigenvalue weighted by molar-refractivity contribution is 0.0711. The Morgan fingerprint density at radius 1 is 1.10 bits per heavy atom. The zero-order valence-electron chi connectivity index (χ0n) is 19.7. The Labute approximate surface area is 182 Å². The van der Waals surface area contributed by atoms with Gasteiger partial charge in [0.25, 0.3) is 5.91 Å². The summed E-state index contributed by atoms with van der Waals surface area (Å²) in [6.45, 7) is 15.1. The SMILES string of the molecule is CC.CC(C)CC(C)(C)C(C)Oc1ccc(C(=O)NC2(c3ccccn3)CC2)cc1. The van der Waals surface area contributed by atoms with Gasteiger partial charge in [-0.3, -0.25) is 9.78 Å². The maximum absolute atomic E-state index is 12.7. The number of benzene rings is 1. The third-order valence-electron chi connectivity index (χ3n) is 5.72. The van der Waals surface area contributed by atoms with Crippen molar-refractivity contribution in [3.63, 3.8) is 0 Å². The molecule has 1 aliphatic carbocycles. The van der Waals surface area contributed by atoms with Gasteiger partial charge >= 0.3 is 0 Å². The van der Waals surface area contributed by atoms with Crippen molar-refractivity contribution in [3.8, 4) is 5.75 Å². The zero-order chi connectivity index (χ0) is 22.4.